The molecule has 0 saturated carbocycles. The molecule has 1 aromatic heterocycles. The molecule has 8 heteroatoms. The highest BCUT2D eigenvalue weighted by atomic mass is 16.5. The van der Waals surface area contributed by atoms with Crippen LogP contribution in [0.4, 0.5) is 0 Å². The molecule has 0 bridgehead atoms. The van der Waals surface area contributed by atoms with Gasteiger partial charge in [-0.2, -0.15) is 0 Å². The Balaban J connectivity index is 2.25. The molecule has 0 spiro atoms. The molecule has 20 heavy (non-hydrogen) atoms. The molecule has 1 aromatic rings. The van der Waals surface area contributed by atoms with E-state index in [9.17, 15) is 19.2 Å². The number of aromatic amines is 2. The van der Waals surface area contributed by atoms with Gasteiger partial charge in [0.15, 0.2) is 0 Å². The van der Waals surface area contributed by atoms with Crippen LogP contribution in [0.5, 0.6) is 0 Å². The number of esters is 1. The minimum Gasteiger partial charge on any atom is -0.464 e. The van der Waals surface area contributed by atoms with Crippen LogP contribution in [-0.4, -0.2) is 45.9 Å². The maximum absolute atomic E-state index is 12.3. The SMILES string of the molecule is CCOC(=O)C1CCCN1C(=O)c1c[nH]c(=O)[nH]c1=O. The van der Waals surface area contributed by atoms with Gasteiger partial charge < -0.3 is 14.6 Å². The third-order valence-electron chi connectivity index (χ3n) is 3.12. The van der Waals surface area contributed by atoms with E-state index < -0.39 is 29.2 Å². The zero-order valence-electron chi connectivity index (χ0n) is 11.0. The first-order valence-corrected chi connectivity index (χ1v) is 6.34. The van der Waals surface area contributed by atoms with Crippen molar-refractivity contribution in [1.29, 1.82) is 0 Å². The lowest BCUT2D eigenvalue weighted by molar-refractivity contribution is -0.147. The maximum Gasteiger partial charge on any atom is 0.328 e. The Kier molecular flexibility index (Phi) is 4.02. The number of likely N-dealkylation sites (tertiary alicyclic amines) is 1. The van der Waals surface area contributed by atoms with Crippen LogP contribution in [0.3, 0.4) is 0 Å². The molecule has 1 amide bonds. The fourth-order valence-electron chi connectivity index (χ4n) is 2.22. The number of ether oxygens (including phenoxy) is 1. The van der Waals surface area contributed by atoms with Crippen LogP contribution in [0.2, 0.25) is 0 Å². The Morgan fingerprint density at radius 3 is 2.85 bits per heavy atom. The van der Waals surface area contributed by atoms with Crippen molar-refractivity contribution in [2.45, 2.75) is 25.8 Å². The Hall–Kier alpha value is -2.38. The highest BCUT2D eigenvalue weighted by Gasteiger charge is 2.36. The van der Waals surface area contributed by atoms with E-state index in [0.29, 0.717) is 19.4 Å². The third-order valence-corrected chi connectivity index (χ3v) is 3.12. The summed E-state index contributed by atoms with van der Waals surface area (Å²) >= 11 is 0. The molecule has 1 aliphatic rings. The first kappa shape index (κ1) is 14.0. The Morgan fingerprint density at radius 2 is 2.20 bits per heavy atom. The van der Waals surface area contributed by atoms with Crippen LogP contribution in [-0.2, 0) is 9.53 Å². The first-order valence-electron chi connectivity index (χ1n) is 6.34. The number of carbonyl (C=O) groups is 2. The summed E-state index contributed by atoms with van der Waals surface area (Å²) in [5.41, 5.74) is -1.65. The van der Waals surface area contributed by atoms with Crippen molar-refractivity contribution in [3.63, 3.8) is 0 Å². The van der Waals surface area contributed by atoms with Crippen LogP contribution in [0.15, 0.2) is 15.8 Å². The second-order valence-electron chi connectivity index (χ2n) is 4.39. The molecule has 0 aromatic carbocycles. The van der Waals surface area contributed by atoms with Crippen molar-refractivity contribution in [2.24, 2.45) is 0 Å². The van der Waals surface area contributed by atoms with Crippen molar-refractivity contribution < 1.29 is 14.3 Å². The van der Waals surface area contributed by atoms with Gasteiger partial charge >= 0.3 is 11.7 Å². The zero-order valence-corrected chi connectivity index (χ0v) is 11.0. The van der Waals surface area contributed by atoms with Crippen molar-refractivity contribution in [1.82, 2.24) is 14.9 Å². The quantitative estimate of drug-likeness (QED) is 0.706. The van der Waals surface area contributed by atoms with Gasteiger partial charge in [-0.1, -0.05) is 0 Å². The fourth-order valence-corrected chi connectivity index (χ4v) is 2.22. The van der Waals surface area contributed by atoms with E-state index in [1.807, 2.05) is 4.98 Å². The summed E-state index contributed by atoms with van der Waals surface area (Å²) in [6.45, 7) is 2.29. The standard InChI is InChI=1S/C12H15N3O5/c1-2-20-11(18)8-4-3-5-15(8)10(17)7-6-13-12(19)14-9(7)16/h6,8H,2-5H2,1H3,(H2,13,14,16,19). The van der Waals surface area contributed by atoms with E-state index in [0.717, 1.165) is 6.20 Å². The van der Waals surface area contributed by atoms with Crippen molar-refractivity contribution in [2.75, 3.05) is 13.2 Å². The number of nitrogens with zero attached hydrogens (tertiary/aromatic N) is 1. The Labute approximate surface area is 113 Å². The van der Waals surface area contributed by atoms with Crippen LogP contribution in [0, 0.1) is 0 Å². The minimum atomic E-state index is -0.770. The number of carbonyl (C=O) groups excluding carboxylic acids is 2. The zero-order chi connectivity index (χ0) is 14.7. The van der Waals surface area contributed by atoms with Gasteiger partial charge in [0.25, 0.3) is 11.5 Å². The van der Waals surface area contributed by atoms with Gasteiger partial charge in [-0.3, -0.25) is 14.6 Å². The molecule has 2 heterocycles. The Bertz CT molecular complexity index is 632. The second kappa shape index (κ2) is 5.72. The number of aromatic nitrogens is 2. The van der Waals surface area contributed by atoms with E-state index >= 15 is 0 Å². The lowest BCUT2D eigenvalue weighted by Crippen LogP contribution is -2.43. The topological polar surface area (TPSA) is 112 Å². The molecule has 0 aliphatic carbocycles. The summed E-state index contributed by atoms with van der Waals surface area (Å²) in [6.07, 6.45) is 2.23. The highest BCUT2D eigenvalue weighted by Crippen LogP contribution is 2.20. The van der Waals surface area contributed by atoms with Gasteiger partial charge in [0.2, 0.25) is 0 Å². The maximum atomic E-state index is 12.3. The molecule has 2 N–H and O–H groups in total. The second-order valence-corrected chi connectivity index (χ2v) is 4.39. The van der Waals surface area contributed by atoms with Crippen molar-refractivity contribution >= 4 is 11.9 Å². The molecule has 1 saturated heterocycles. The monoisotopic (exact) mass is 281 g/mol. The predicted octanol–water partition coefficient (Wildman–Crippen LogP) is -0.769. The van der Waals surface area contributed by atoms with E-state index in [4.69, 9.17) is 4.74 Å². The molecule has 0 radical (unpaired) electrons. The largest absolute Gasteiger partial charge is 0.464 e. The normalized spacial score (nSPS) is 18.1. The van der Waals surface area contributed by atoms with Gasteiger partial charge in [-0.15, -0.1) is 0 Å². The summed E-state index contributed by atoms with van der Waals surface area (Å²) in [6, 6.07) is -0.672. The van der Waals surface area contributed by atoms with Gasteiger partial charge in [-0.05, 0) is 19.8 Å². The number of hydrogen-bond donors (Lipinski definition) is 2. The lowest BCUT2D eigenvalue weighted by atomic mass is 10.2. The molecular weight excluding hydrogens is 266 g/mol. The third kappa shape index (κ3) is 2.63. The van der Waals surface area contributed by atoms with Gasteiger partial charge in [0.05, 0.1) is 6.61 Å². The molecule has 1 unspecified atom stereocenters. The van der Waals surface area contributed by atoms with E-state index in [1.165, 1.54) is 4.90 Å². The molecule has 1 aliphatic heterocycles. The number of amides is 1. The predicted molar refractivity (Wildman–Crippen MR) is 68.4 cm³/mol. The number of H-pyrrole nitrogens is 2. The molecule has 2 rings (SSSR count). The summed E-state index contributed by atoms with van der Waals surface area (Å²) < 4.78 is 4.91. The van der Waals surface area contributed by atoms with Crippen LogP contribution < -0.4 is 11.2 Å². The van der Waals surface area contributed by atoms with Gasteiger partial charge in [0.1, 0.15) is 11.6 Å². The van der Waals surface area contributed by atoms with Crippen molar-refractivity contribution in [3.8, 4) is 0 Å². The van der Waals surface area contributed by atoms with Crippen LogP contribution in [0.1, 0.15) is 30.1 Å². The van der Waals surface area contributed by atoms with Crippen molar-refractivity contribution in [3.05, 3.63) is 32.6 Å². The highest BCUT2D eigenvalue weighted by molar-refractivity contribution is 5.96. The minimum absolute atomic E-state index is 0.194. The average molecular weight is 281 g/mol. The number of nitrogens with one attached hydrogen (secondary N) is 2. The van der Waals surface area contributed by atoms with E-state index in [-0.39, 0.29) is 12.2 Å². The summed E-state index contributed by atoms with van der Waals surface area (Å²) in [4.78, 5) is 52.1. The van der Waals surface area contributed by atoms with Crippen LogP contribution >= 0.6 is 0 Å². The fraction of sp³-hybridized carbons (Fsp3) is 0.500. The van der Waals surface area contributed by atoms with Gasteiger partial charge in [-0.25, -0.2) is 9.59 Å². The smallest absolute Gasteiger partial charge is 0.328 e. The van der Waals surface area contributed by atoms with Crippen LogP contribution in [0.25, 0.3) is 0 Å². The van der Waals surface area contributed by atoms with E-state index in [1.54, 1.807) is 6.92 Å². The number of hydrogen-bond acceptors (Lipinski definition) is 5. The number of rotatable bonds is 3. The molecular formula is C12H15N3O5. The summed E-state index contributed by atoms with van der Waals surface area (Å²) in [7, 11) is 0. The summed E-state index contributed by atoms with van der Waals surface area (Å²) in [5.74, 6) is -1.06. The van der Waals surface area contributed by atoms with Gasteiger partial charge in [0, 0.05) is 12.7 Å². The molecule has 108 valence electrons. The Morgan fingerprint density at radius 1 is 1.45 bits per heavy atom. The first-order chi connectivity index (χ1) is 9.54. The average Bonchev–Trinajstić information content (AvgIpc) is 2.87. The summed E-state index contributed by atoms with van der Waals surface area (Å²) in [5, 5.41) is 0. The lowest BCUT2D eigenvalue weighted by Gasteiger charge is -2.22. The molecule has 8 nitrogen and oxygen atoms in total. The molecule has 1 atom stereocenters. The van der Waals surface area contributed by atoms with E-state index in [2.05, 4.69) is 4.98 Å². The molecule has 1 fully saturated rings.